The number of rotatable bonds is 8. The Kier molecular flexibility index (Phi) is 6.92. The molecule has 4 rings (SSSR count). The number of aryl methyl sites for hydroxylation is 1. The number of carbonyl (C=O) groups is 2. The molecule has 0 aliphatic rings. The normalized spacial score (nSPS) is 11.8. The Morgan fingerprint density at radius 3 is 2.41 bits per heavy atom. The van der Waals surface area contributed by atoms with Crippen LogP contribution in [0.2, 0.25) is 0 Å². The van der Waals surface area contributed by atoms with Crippen LogP contribution in [0.15, 0.2) is 72.8 Å². The molecule has 0 spiro atoms. The number of hydrogen-bond donors (Lipinski definition) is 2. The number of benzene rings is 3. The van der Waals surface area contributed by atoms with E-state index >= 15 is 0 Å². The first kappa shape index (κ1) is 23.0. The number of aromatic nitrogens is 2. The zero-order valence-electron chi connectivity index (χ0n) is 18.7. The third kappa shape index (κ3) is 5.43. The van der Waals surface area contributed by atoms with Gasteiger partial charge in [0.25, 0.3) is 5.91 Å². The molecule has 7 heteroatoms. The van der Waals surface area contributed by atoms with Crippen LogP contribution in [0.4, 0.5) is 4.39 Å². The van der Waals surface area contributed by atoms with Gasteiger partial charge < -0.3 is 10.4 Å². The molecule has 0 saturated heterocycles. The number of fused-ring (bicyclic) bond motifs is 1. The van der Waals surface area contributed by atoms with E-state index in [1.54, 1.807) is 30.3 Å². The molecule has 1 aromatic heterocycles. The number of nitrogens with zero attached hydrogens (tertiary/aromatic N) is 2. The van der Waals surface area contributed by atoms with Crippen LogP contribution in [-0.4, -0.2) is 27.0 Å². The first-order valence-electron chi connectivity index (χ1n) is 11.0. The van der Waals surface area contributed by atoms with Crippen LogP contribution in [0.25, 0.3) is 22.3 Å². The first-order chi connectivity index (χ1) is 16.4. The van der Waals surface area contributed by atoms with Crippen molar-refractivity contribution in [2.75, 3.05) is 0 Å². The lowest BCUT2D eigenvalue weighted by Gasteiger charge is -2.15. The van der Waals surface area contributed by atoms with Crippen LogP contribution in [-0.2, 0) is 11.2 Å². The number of carbonyl (C=O) groups excluding carboxylic acids is 1. The molecule has 1 atom stereocenters. The van der Waals surface area contributed by atoms with E-state index in [9.17, 15) is 14.0 Å². The summed E-state index contributed by atoms with van der Waals surface area (Å²) in [5, 5.41) is 11.9. The molecule has 0 fully saturated rings. The van der Waals surface area contributed by atoms with E-state index in [0.29, 0.717) is 40.8 Å². The Morgan fingerprint density at radius 2 is 1.71 bits per heavy atom. The van der Waals surface area contributed by atoms with Gasteiger partial charge in [0.1, 0.15) is 5.82 Å². The molecule has 1 heterocycles. The Balaban J connectivity index is 1.63. The summed E-state index contributed by atoms with van der Waals surface area (Å²) < 4.78 is 13.2. The van der Waals surface area contributed by atoms with Crippen molar-refractivity contribution in [3.8, 4) is 11.3 Å². The molecule has 0 unspecified atom stereocenters. The average molecular weight is 458 g/mol. The van der Waals surface area contributed by atoms with Crippen molar-refractivity contribution in [1.29, 1.82) is 0 Å². The quantitative estimate of drug-likeness (QED) is 0.373. The molecule has 34 heavy (non-hydrogen) atoms. The highest BCUT2D eigenvalue weighted by atomic mass is 19.1. The molecule has 172 valence electrons. The minimum absolute atomic E-state index is 0.0394. The molecule has 1 amide bonds. The maximum atomic E-state index is 13.2. The van der Waals surface area contributed by atoms with E-state index in [0.717, 1.165) is 11.1 Å². The van der Waals surface area contributed by atoms with Gasteiger partial charge in [-0.15, -0.1) is 0 Å². The Bertz CT molecular complexity index is 1320. The van der Waals surface area contributed by atoms with Crippen LogP contribution >= 0.6 is 0 Å². The number of halogens is 1. The molecule has 6 nitrogen and oxygen atoms in total. The van der Waals surface area contributed by atoms with Gasteiger partial charge in [0.2, 0.25) is 0 Å². The summed E-state index contributed by atoms with van der Waals surface area (Å²) >= 11 is 0. The van der Waals surface area contributed by atoms with Gasteiger partial charge in [-0.1, -0.05) is 42.5 Å². The topological polar surface area (TPSA) is 92.2 Å². The van der Waals surface area contributed by atoms with Gasteiger partial charge in [0.15, 0.2) is 0 Å². The molecule has 0 saturated carbocycles. The van der Waals surface area contributed by atoms with Crippen LogP contribution in [0.1, 0.15) is 47.4 Å². The number of amides is 1. The van der Waals surface area contributed by atoms with Crippen LogP contribution in [0.3, 0.4) is 0 Å². The summed E-state index contributed by atoms with van der Waals surface area (Å²) in [5.41, 5.74) is 4.73. The highest BCUT2D eigenvalue weighted by Gasteiger charge is 2.15. The van der Waals surface area contributed by atoms with Gasteiger partial charge >= 0.3 is 5.97 Å². The lowest BCUT2D eigenvalue weighted by Crippen LogP contribution is -2.26. The fourth-order valence-electron chi connectivity index (χ4n) is 3.76. The SMILES string of the molecule is C[C@@H](NC(=O)c1ccc2nc(-c3ccccc3)c(CCCC(=O)O)nc2c1)c1ccc(F)cc1. The minimum Gasteiger partial charge on any atom is -0.481 e. The standard InChI is InChI=1S/C27H24FN3O3/c1-17(18-10-13-21(28)14-11-18)29-27(34)20-12-15-22-24(16-20)30-23(8-5-9-25(32)33)26(31-22)19-6-3-2-4-7-19/h2-4,6-7,10-17H,5,8-9H2,1H3,(H,29,34)(H,32,33)/t17-/m1/s1. The van der Waals surface area contributed by atoms with Crippen molar-refractivity contribution >= 4 is 22.9 Å². The lowest BCUT2D eigenvalue weighted by molar-refractivity contribution is -0.137. The second-order valence-electron chi connectivity index (χ2n) is 8.08. The molecule has 0 aliphatic heterocycles. The zero-order valence-corrected chi connectivity index (χ0v) is 18.7. The van der Waals surface area contributed by atoms with Crippen LogP contribution in [0.5, 0.6) is 0 Å². The molecular formula is C27H24FN3O3. The highest BCUT2D eigenvalue weighted by Crippen LogP contribution is 2.25. The van der Waals surface area contributed by atoms with E-state index < -0.39 is 5.97 Å². The molecule has 0 bridgehead atoms. The second-order valence-corrected chi connectivity index (χ2v) is 8.08. The summed E-state index contributed by atoms with van der Waals surface area (Å²) in [6.45, 7) is 1.83. The molecule has 0 radical (unpaired) electrons. The van der Waals surface area contributed by atoms with Crippen molar-refractivity contribution in [1.82, 2.24) is 15.3 Å². The summed E-state index contributed by atoms with van der Waals surface area (Å²) in [5.74, 6) is -1.46. The summed E-state index contributed by atoms with van der Waals surface area (Å²) in [4.78, 5) is 33.4. The predicted molar refractivity (Wildman–Crippen MR) is 128 cm³/mol. The Morgan fingerprint density at radius 1 is 0.971 bits per heavy atom. The van der Waals surface area contributed by atoms with Crippen molar-refractivity contribution in [2.24, 2.45) is 0 Å². The smallest absolute Gasteiger partial charge is 0.303 e. The number of nitrogens with one attached hydrogen (secondary N) is 1. The monoisotopic (exact) mass is 457 g/mol. The Labute approximate surface area is 196 Å². The van der Waals surface area contributed by atoms with Crippen molar-refractivity contribution in [3.05, 3.63) is 95.4 Å². The maximum Gasteiger partial charge on any atom is 0.303 e. The predicted octanol–water partition coefficient (Wildman–Crippen LogP) is 5.33. The fourth-order valence-corrected chi connectivity index (χ4v) is 3.76. The third-order valence-corrected chi connectivity index (χ3v) is 5.57. The third-order valence-electron chi connectivity index (χ3n) is 5.57. The zero-order chi connectivity index (χ0) is 24.1. The van der Waals surface area contributed by atoms with Gasteiger partial charge in [0, 0.05) is 17.5 Å². The summed E-state index contributed by atoms with van der Waals surface area (Å²) in [7, 11) is 0. The molecule has 3 aromatic carbocycles. The molecule has 4 aromatic rings. The van der Waals surface area contributed by atoms with E-state index in [1.807, 2.05) is 37.3 Å². The Hall–Kier alpha value is -4.13. The number of carboxylic acids is 1. The van der Waals surface area contributed by atoms with Gasteiger partial charge in [-0.05, 0) is 55.7 Å². The van der Waals surface area contributed by atoms with Gasteiger partial charge in [-0.25, -0.2) is 14.4 Å². The van der Waals surface area contributed by atoms with Crippen molar-refractivity contribution in [2.45, 2.75) is 32.2 Å². The maximum absolute atomic E-state index is 13.2. The number of hydrogen-bond acceptors (Lipinski definition) is 4. The van der Waals surface area contributed by atoms with E-state index in [2.05, 4.69) is 5.32 Å². The fraction of sp³-hybridized carbons (Fsp3) is 0.185. The van der Waals surface area contributed by atoms with Crippen molar-refractivity contribution < 1.29 is 19.1 Å². The number of aliphatic carboxylic acids is 1. The minimum atomic E-state index is -0.857. The van der Waals surface area contributed by atoms with Gasteiger partial charge in [-0.3, -0.25) is 9.59 Å². The van der Waals surface area contributed by atoms with Crippen LogP contribution in [0, 0.1) is 5.82 Å². The van der Waals surface area contributed by atoms with E-state index in [1.165, 1.54) is 12.1 Å². The summed E-state index contributed by atoms with van der Waals surface area (Å²) in [6, 6.07) is 20.5. The van der Waals surface area contributed by atoms with Gasteiger partial charge in [0.05, 0.1) is 28.5 Å². The van der Waals surface area contributed by atoms with Crippen molar-refractivity contribution in [3.63, 3.8) is 0 Å². The van der Waals surface area contributed by atoms with Crippen LogP contribution < -0.4 is 5.32 Å². The average Bonchev–Trinajstić information content (AvgIpc) is 2.84. The molecule has 0 aliphatic carbocycles. The summed E-state index contributed by atoms with van der Waals surface area (Å²) in [6.07, 6.45) is 0.930. The largest absolute Gasteiger partial charge is 0.481 e. The number of carboxylic acid groups (broad SMARTS) is 1. The van der Waals surface area contributed by atoms with E-state index in [4.69, 9.17) is 15.1 Å². The van der Waals surface area contributed by atoms with E-state index in [-0.39, 0.29) is 24.2 Å². The highest BCUT2D eigenvalue weighted by molar-refractivity contribution is 5.97. The molecular weight excluding hydrogens is 433 g/mol. The van der Waals surface area contributed by atoms with Gasteiger partial charge in [-0.2, -0.15) is 0 Å². The molecule has 2 N–H and O–H groups in total. The lowest BCUT2D eigenvalue weighted by atomic mass is 10.0. The first-order valence-corrected chi connectivity index (χ1v) is 11.0. The second kappa shape index (κ2) is 10.2.